The van der Waals surface area contributed by atoms with Gasteiger partial charge in [0.1, 0.15) is 11.2 Å². The highest BCUT2D eigenvalue weighted by Crippen LogP contribution is 2.28. The summed E-state index contributed by atoms with van der Waals surface area (Å²) in [5.41, 5.74) is 0.0732. The lowest BCUT2D eigenvalue weighted by molar-refractivity contribution is -0.144. The van der Waals surface area contributed by atoms with Crippen LogP contribution in [0.5, 0.6) is 0 Å². The number of amides is 1. The smallest absolute Gasteiger partial charge is 0.329 e. The highest BCUT2D eigenvalue weighted by Gasteiger charge is 2.41. The number of aliphatic carboxylic acids is 1. The highest BCUT2D eigenvalue weighted by molar-refractivity contribution is 9.10. The summed E-state index contributed by atoms with van der Waals surface area (Å²) in [6.07, 6.45) is 0.898. The van der Waals surface area contributed by atoms with Crippen LogP contribution in [0.3, 0.4) is 0 Å². The molecule has 1 aromatic carbocycles. The predicted molar refractivity (Wildman–Crippen MR) is 90.4 cm³/mol. The molecule has 3 rings (SSSR count). The summed E-state index contributed by atoms with van der Waals surface area (Å²) in [7, 11) is 0. The van der Waals surface area contributed by atoms with Crippen LogP contribution in [0.4, 0.5) is 0 Å². The van der Waals surface area contributed by atoms with Crippen molar-refractivity contribution in [2.24, 2.45) is 0 Å². The molecule has 0 bridgehead atoms. The number of H-pyrrole nitrogens is 1. The molecule has 1 amide bonds. The van der Waals surface area contributed by atoms with Crippen LogP contribution in [0.25, 0.3) is 10.9 Å². The van der Waals surface area contributed by atoms with Crippen molar-refractivity contribution >= 4 is 50.5 Å². The number of carbonyl (C=O) groups excluding carboxylic acids is 1. The molecule has 5 nitrogen and oxygen atoms in total. The Morgan fingerprint density at radius 1 is 1.27 bits per heavy atom. The minimum atomic E-state index is -1.15. The van der Waals surface area contributed by atoms with Gasteiger partial charge in [0.15, 0.2) is 0 Å². The second kappa shape index (κ2) is 5.96. The third-order valence-electron chi connectivity index (χ3n) is 3.94. The molecule has 3 N–H and O–H groups in total. The number of nitrogens with one attached hydrogen (secondary N) is 2. The van der Waals surface area contributed by atoms with E-state index in [1.807, 2.05) is 18.2 Å². The molecule has 7 heteroatoms. The fourth-order valence-corrected chi connectivity index (χ4v) is 4.19. The number of hydrogen-bond donors (Lipinski definition) is 3. The second-order valence-corrected chi connectivity index (χ2v) is 7.51. The number of carbonyl (C=O) groups is 2. The maximum Gasteiger partial charge on any atom is 0.329 e. The van der Waals surface area contributed by atoms with Crippen LogP contribution in [0.1, 0.15) is 23.3 Å². The number of halogens is 1. The SMILES string of the molecule is O=C(NC1(C(=O)O)CCSCC1)c1cc2cc(Br)ccc2[nH]1. The van der Waals surface area contributed by atoms with Gasteiger partial charge < -0.3 is 15.4 Å². The van der Waals surface area contributed by atoms with Crippen LogP contribution in [0, 0.1) is 0 Å². The number of benzene rings is 1. The van der Waals surface area contributed by atoms with Gasteiger partial charge in [0.05, 0.1) is 0 Å². The van der Waals surface area contributed by atoms with E-state index in [1.165, 1.54) is 0 Å². The van der Waals surface area contributed by atoms with Crippen molar-refractivity contribution in [3.63, 3.8) is 0 Å². The van der Waals surface area contributed by atoms with Gasteiger partial charge in [0, 0.05) is 15.4 Å². The van der Waals surface area contributed by atoms with E-state index in [0.717, 1.165) is 26.9 Å². The van der Waals surface area contributed by atoms with Crippen molar-refractivity contribution in [1.82, 2.24) is 10.3 Å². The number of hydrogen-bond acceptors (Lipinski definition) is 3. The van der Waals surface area contributed by atoms with Crippen molar-refractivity contribution in [1.29, 1.82) is 0 Å². The third-order valence-corrected chi connectivity index (χ3v) is 5.41. The average molecular weight is 383 g/mol. The van der Waals surface area contributed by atoms with E-state index in [0.29, 0.717) is 18.5 Å². The first-order valence-electron chi connectivity index (χ1n) is 6.92. The van der Waals surface area contributed by atoms with Gasteiger partial charge in [-0.1, -0.05) is 15.9 Å². The van der Waals surface area contributed by atoms with E-state index in [-0.39, 0.29) is 5.91 Å². The Hall–Kier alpha value is -1.47. The van der Waals surface area contributed by atoms with Gasteiger partial charge in [-0.2, -0.15) is 11.8 Å². The topological polar surface area (TPSA) is 82.2 Å². The van der Waals surface area contributed by atoms with Crippen LogP contribution >= 0.6 is 27.7 Å². The summed E-state index contributed by atoms with van der Waals surface area (Å²) in [6.45, 7) is 0. The zero-order valence-electron chi connectivity index (χ0n) is 11.7. The normalized spacial score (nSPS) is 17.3. The number of fused-ring (bicyclic) bond motifs is 1. The van der Waals surface area contributed by atoms with Crippen molar-refractivity contribution in [2.75, 3.05) is 11.5 Å². The number of carboxylic acids is 1. The molecule has 0 saturated carbocycles. The molecule has 1 fully saturated rings. The lowest BCUT2D eigenvalue weighted by Gasteiger charge is -2.33. The molecule has 1 aliphatic rings. The Labute approximate surface area is 140 Å². The second-order valence-electron chi connectivity index (χ2n) is 5.37. The Morgan fingerprint density at radius 3 is 2.68 bits per heavy atom. The number of thioether (sulfide) groups is 1. The third kappa shape index (κ3) is 2.87. The molecular weight excluding hydrogens is 368 g/mol. The Kier molecular flexibility index (Phi) is 4.18. The van der Waals surface area contributed by atoms with Gasteiger partial charge in [0.25, 0.3) is 5.91 Å². The summed E-state index contributed by atoms with van der Waals surface area (Å²) in [6, 6.07) is 7.41. The Balaban J connectivity index is 1.86. The first-order chi connectivity index (χ1) is 10.5. The lowest BCUT2D eigenvalue weighted by Crippen LogP contribution is -2.56. The van der Waals surface area contributed by atoms with E-state index in [9.17, 15) is 14.7 Å². The summed E-state index contributed by atoms with van der Waals surface area (Å²) in [5, 5.41) is 13.2. The molecule has 1 aliphatic heterocycles. The monoisotopic (exact) mass is 382 g/mol. The fraction of sp³-hybridized carbons (Fsp3) is 0.333. The average Bonchev–Trinajstić information content (AvgIpc) is 2.91. The van der Waals surface area contributed by atoms with Gasteiger partial charge in [-0.3, -0.25) is 4.79 Å². The quantitative estimate of drug-likeness (QED) is 0.761. The van der Waals surface area contributed by atoms with Crippen molar-refractivity contribution in [3.8, 4) is 0 Å². The van der Waals surface area contributed by atoms with Gasteiger partial charge in [-0.15, -0.1) is 0 Å². The molecule has 1 aromatic heterocycles. The fourth-order valence-electron chi connectivity index (χ4n) is 2.62. The first-order valence-corrected chi connectivity index (χ1v) is 8.87. The summed E-state index contributed by atoms with van der Waals surface area (Å²) >= 11 is 5.11. The van der Waals surface area contributed by atoms with E-state index >= 15 is 0 Å². The molecular formula is C15H15BrN2O3S. The maximum atomic E-state index is 12.5. The predicted octanol–water partition coefficient (Wildman–Crippen LogP) is 3.01. The minimum Gasteiger partial charge on any atom is -0.480 e. The van der Waals surface area contributed by atoms with Gasteiger partial charge in [-0.25, -0.2) is 4.79 Å². The minimum absolute atomic E-state index is 0.373. The highest BCUT2D eigenvalue weighted by atomic mass is 79.9. The molecule has 116 valence electrons. The number of aromatic amines is 1. The number of aromatic nitrogens is 1. The van der Waals surface area contributed by atoms with Crippen LogP contribution in [0.2, 0.25) is 0 Å². The Morgan fingerprint density at radius 2 is 2.00 bits per heavy atom. The van der Waals surface area contributed by atoms with Crippen molar-refractivity contribution < 1.29 is 14.7 Å². The van der Waals surface area contributed by atoms with Crippen LogP contribution in [-0.2, 0) is 4.79 Å². The molecule has 22 heavy (non-hydrogen) atoms. The lowest BCUT2D eigenvalue weighted by atomic mass is 9.92. The zero-order valence-corrected chi connectivity index (χ0v) is 14.1. The molecule has 2 aromatic rings. The molecule has 0 radical (unpaired) electrons. The van der Waals surface area contributed by atoms with Crippen molar-refractivity contribution in [2.45, 2.75) is 18.4 Å². The molecule has 2 heterocycles. The molecule has 0 aliphatic carbocycles. The Bertz CT molecular complexity index is 737. The molecule has 1 saturated heterocycles. The standard InChI is InChI=1S/C15H15BrN2O3S/c16-10-1-2-11-9(7-10)8-12(17-11)13(19)18-15(14(20)21)3-5-22-6-4-15/h1-2,7-8,17H,3-6H2,(H,18,19)(H,20,21). The molecule has 0 spiro atoms. The first kappa shape index (κ1) is 15.4. The van der Waals surface area contributed by atoms with Crippen molar-refractivity contribution in [3.05, 3.63) is 34.4 Å². The summed E-state index contributed by atoms with van der Waals surface area (Å²) in [5.74, 6) is 0.153. The molecule has 0 atom stereocenters. The van der Waals surface area contributed by atoms with E-state index in [4.69, 9.17) is 0 Å². The van der Waals surface area contributed by atoms with Crippen LogP contribution in [0.15, 0.2) is 28.7 Å². The number of carboxylic acid groups (broad SMARTS) is 1. The van der Waals surface area contributed by atoms with E-state index < -0.39 is 11.5 Å². The van der Waals surface area contributed by atoms with E-state index in [2.05, 4.69) is 26.2 Å². The summed E-state index contributed by atoms with van der Waals surface area (Å²) in [4.78, 5) is 27.1. The van der Waals surface area contributed by atoms with Crippen LogP contribution in [-0.4, -0.2) is 39.0 Å². The number of rotatable bonds is 3. The van der Waals surface area contributed by atoms with Gasteiger partial charge >= 0.3 is 5.97 Å². The zero-order chi connectivity index (χ0) is 15.7. The van der Waals surface area contributed by atoms with E-state index in [1.54, 1.807) is 17.8 Å². The summed E-state index contributed by atoms with van der Waals surface area (Å²) < 4.78 is 0.928. The van der Waals surface area contributed by atoms with Crippen LogP contribution < -0.4 is 5.32 Å². The molecule has 0 unspecified atom stereocenters. The van der Waals surface area contributed by atoms with Gasteiger partial charge in [-0.05, 0) is 48.6 Å². The maximum absolute atomic E-state index is 12.5. The van der Waals surface area contributed by atoms with Gasteiger partial charge in [0.2, 0.25) is 0 Å². The largest absolute Gasteiger partial charge is 0.480 e.